The molecule has 0 spiro atoms. The zero-order valence-electron chi connectivity index (χ0n) is 16.4. The molecular weight excluding hydrogens is 362 g/mol. The Morgan fingerprint density at radius 2 is 1.79 bits per heavy atom. The highest BCUT2D eigenvalue weighted by Crippen LogP contribution is 2.27. The van der Waals surface area contributed by atoms with Gasteiger partial charge >= 0.3 is 0 Å². The summed E-state index contributed by atoms with van der Waals surface area (Å²) < 4.78 is 2.16. The first-order chi connectivity index (χ1) is 14.3. The fourth-order valence-electron chi connectivity index (χ4n) is 4.46. The summed E-state index contributed by atoms with van der Waals surface area (Å²) in [6.45, 7) is 4.02. The Kier molecular flexibility index (Phi) is 4.86. The van der Waals surface area contributed by atoms with Crippen molar-refractivity contribution in [1.29, 1.82) is 0 Å². The first-order valence-electron chi connectivity index (χ1n) is 10.4. The number of carbonyl (C=O) groups excluding carboxylic acids is 1. The Morgan fingerprint density at radius 1 is 0.966 bits per heavy atom. The lowest BCUT2D eigenvalue weighted by Crippen LogP contribution is -2.34. The maximum absolute atomic E-state index is 13.4. The Hall–Kier alpha value is -2.99. The lowest BCUT2D eigenvalue weighted by atomic mass is 9.93. The van der Waals surface area contributed by atoms with Gasteiger partial charge in [0.2, 0.25) is 0 Å². The van der Waals surface area contributed by atoms with E-state index >= 15 is 0 Å². The smallest absolute Gasteiger partial charge is 0.254 e. The third-order valence-electron chi connectivity index (χ3n) is 6.04. The Balaban J connectivity index is 1.38. The molecule has 0 aliphatic carbocycles. The number of nitrogens with one attached hydrogen (secondary N) is 1. The summed E-state index contributed by atoms with van der Waals surface area (Å²) in [4.78, 5) is 15.4. The second kappa shape index (κ2) is 7.79. The van der Waals surface area contributed by atoms with Gasteiger partial charge in [-0.15, -0.1) is 10.2 Å². The predicted molar refractivity (Wildman–Crippen MR) is 112 cm³/mol. The minimum Gasteiger partial charge on any atom is -0.336 e. The highest BCUT2D eigenvalue weighted by molar-refractivity contribution is 5.96. The summed E-state index contributed by atoms with van der Waals surface area (Å²) in [5.41, 5.74) is 3.09. The summed E-state index contributed by atoms with van der Waals surface area (Å²) in [6, 6.07) is 18.2. The van der Waals surface area contributed by atoms with Crippen LogP contribution in [0.25, 0.3) is 11.4 Å². The molecule has 2 aliphatic heterocycles. The van der Waals surface area contributed by atoms with Gasteiger partial charge in [-0.05, 0) is 30.5 Å². The van der Waals surface area contributed by atoms with Crippen molar-refractivity contribution >= 4 is 5.91 Å². The molecule has 6 heteroatoms. The van der Waals surface area contributed by atoms with E-state index in [-0.39, 0.29) is 5.91 Å². The van der Waals surface area contributed by atoms with Crippen LogP contribution in [-0.4, -0.2) is 51.8 Å². The van der Waals surface area contributed by atoms with Crippen molar-refractivity contribution in [2.45, 2.75) is 25.3 Å². The molecule has 1 aromatic heterocycles. The van der Waals surface area contributed by atoms with Gasteiger partial charge in [0.1, 0.15) is 5.82 Å². The van der Waals surface area contributed by atoms with Gasteiger partial charge in [-0.25, -0.2) is 0 Å². The maximum Gasteiger partial charge on any atom is 0.254 e. The number of amides is 1. The van der Waals surface area contributed by atoms with E-state index in [2.05, 4.69) is 38.3 Å². The van der Waals surface area contributed by atoms with Crippen molar-refractivity contribution in [3.8, 4) is 11.4 Å². The predicted octanol–water partition coefficient (Wildman–Crippen LogP) is 2.72. The van der Waals surface area contributed by atoms with Gasteiger partial charge in [-0.3, -0.25) is 4.79 Å². The van der Waals surface area contributed by atoms with Crippen LogP contribution >= 0.6 is 0 Å². The zero-order valence-corrected chi connectivity index (χ0v) is 16.4. The van der Waals surface area contributed by atoms with E-state index in [4.69, 9.17) is 0 Å². The lowest BCUT2D eigenvalue weighted by molar-refractivity contribution is 0.0757. The molecule has 148 valence electrons. The van der Waals surface area contributed by atoms with Crippen molar-refractivity contribution in [1.82, 2.24) is 25.0 Å². The van der Waals surface area contributed by atoms with Crippen molar-refractivity contribution < 1.29 is 4.79 Å². The number of carbonyl (C=O) groups is 1. The zero-order chi connectivity index (χ0) is 19.6. The SMILES string of the molecule is O=C(c1ccccc1[C@H]1CCNC1)N1CCc2nnc(-c3ccccc3)n2CC1. The van der Waals surface area contributed by atoms with E-state index in [9.17, 15) is 4.79 Å². The molecule has 3 aromatic rings. The Labute approximate surface area is 170 Å². The number of benzene rings is 2. The summed E-state index contributed by atoms with van der Waals surface area (Å²) in [7, 11) is 0. The first kappa shape index (κ1) is 18.1. The van der Waals surface area contributed by atoms with E-state index in [0.29, 0.717) is 25.6 Å². The summed E-state index contributed by atoms with van der Waals surface area (Å²) in [5, 5.41) is 12.2. The number of aromatic nitrogens is 3. The Morgan fingerprint density at radius 3 is 2.62 bits per heavy atom. The van der Waals surface area contributed by atoms with Crippen molar-refractivity contribution in [2.24, 2.45) is 0 Å². The van der Waals surface area contributed by atoms with Crippen LogP contribution in [0.3, 0.4) is 0 Å². The van der Waals surface area contributed by atoms with Crippen LogP contribution in [0.2, 0.25) is 0 Å². The van der Waals surface area contributed by atoms with Crippen molar-refractivity contribution in [3.05, 3.63) is 71.5 Å². The van der Waals surface area contributed by atoms with Crippen LogP contribution in [0, 0.1) is 0 Å². The molecule has 0 radical (unpaired) electrons. The number of nitrogens with zero attached hydrogens (tertiary/aromatic N) is 4. The molecule has 1 fully saturated rings. The van der Waals surface area contributed by atoms with Crippen LogP contribution in [0.5, 0.6) is 0 Å². The highest BCUT2D eigenvalue weighted by atomic mass is 16.2. The van der Waals surface area contributed by atoms with Gasteiger partial charge < -0.3 is 14.8 Å². The molecule has 29 heavy (non-hydrogen) atoms. The van der Waals surface area contributed by atoms with Crippen LogP contribution < -0.4 is 5.32 Å². The van der Waals surface area contributed by atoms with Gasteiger partial charge in [0.05, 0.1) is 0 Å². The van der Waals surface area contributed by atoms with E-state index in [0.717, 1.165) is 48.7 Å². The standard InChI is InChI=1S/C23H25N5O/c29-23(20-9-5-4-8-19(20)18-10-12-24-16-18)27-13-11-21-25-26-22(28(21)15-14-27)17-6-2-1-3-7-17/h1-9,18,24H,10-16H2/t18-/m0/s1. The monoisotopic (exact) mass is 387 g/mol. The molecule has 0 unspecified atom stereocenters. The maximum atomic E-state index is 13.4. The molecule has 1 N–H and O–H groups in total. The molecule has 3 heterocycles. The average Bonchev–Trinajstić information content (AvgIpc) is 3.40. The molecule has 6 nitrogen and oxygen atoms in total. The molecule has 2 aromatic carbocycles. The number of hydrogen-bond acceptors (Lipinski definition) is 4. The second-order valence-corrected chi connectivity index (χ2v) is 7.78. The van der Waals surface area contributed by atoms with Crippen LogP contribution in [-0.2, 0) is 13.0 Å². The first-order valence-corrected chi connectivity index (χ1v) is 10.4. The van der Waals surface area contributed by atoms with Gasteiger partial charge in [0.25, 0.3) is 5.91 Å². The average molecular weight is 387 g/mol. The topological polar surface area (TPSA) is 63.1 Å². The normalized spacial score (nSPS) is 19.0. The molecule has 1 saturated heterocycles. The van der Waals surface area contributed by atoms with Gasteiger partial charge in [-0.2, -0.15) is 0 Å². The summed E-state index contributed by atoms with van der Waals surface area (Å²) in [5.74, 6) is 2.39. The molecule has 1 amide bonds. The van der Waals surface area contributed by atoms with E-state index in [1.807, 2.05) is 41.3 Å². The molecule has 0 bridgehead atoms. The van der Waals surface area contributed by atoms with Crippen molar-refractivity contribution in [3.63, 3.8) is 0 Å². The van der Waals surface area contributed by atoms with E-state index < -0.39 is 0 Å². The van der Waals surface area contributed by atoms with Crippen LogP contribution in [0.4, 0.5) is 0 Å². The van der Waals surface area contributed by atoms with Crippen LogP contribution in [0.1, 0.15) is 34.1 Å². The fraction of sp³-hybridized carbons (Fsp3) is 0.348. The quantitative estimate of drug-likeness (QED) is 0.751. The summed E-state index contributed by atoms with van der Waals surface area (Å²) in [6.07, 6.45) is 1.81. The Bertz CT molecular complexity index is 1010. The molecule has 1 atom stereocenters. The van der Waals surface area contributed by atoms with Gasteiger partial charge in [0, 0.05) is 43.7 Å². The molecule has 0 saturated carbocycles. The number of hydrogen-bond donors (Lipinski definition) is 1. The summed E-state index contributed by atoms with van der Waals surface area (Å²) >= 11 is 0. The van der Waals surface area contributed by atoms with Gasteiger partial charge in [0.15, 0.2) is 5.82 Å². The molecule has 2 aliphatic rings. The van der Waals surface area contributed by atoms with E-state index in [1.54, 1.807) is 0 Å². The van der Waals surface area contributed by atoms with Crippen LogP contribution in [0.15, 0.2) is 54.6 Å². The number of fused-ring (bicyclic) bond motifs is 1. The van der Waals surface area contributed by atoms with Crippen molar-refractivity contribution in [2.75, 3.05) is 26.2 Å². The fourth-order valence-corrected chi connectivity index (χ4v) is 4.46. The van der Waals surface area contributed by atoms with E-state index in [1.165, 1.54) is 5.56 Å². The molecule has 5 rings (SSSR count). The third kappa shape index (κ3) is 3.44. The minimum atomic E-state index is 0.132. The molecular formula is C23H25N5O. The number of rotatable bonds is 3. The highest BCUT2D eigenvalue weighted by Gasteiger charge is 2.27. The van der Waals surface area contributed by atoms with Gasteiger partial charge in [-0.1, -0.05) is 48.5 Å². The lowest BCUT2D eigenvalue weighted by Gasteiger charge is -2.23. The second-order valence-electron chi connectivity index (χ2n) is 7.78. The largest absolute Gasteiger partial charge is 0.336 e. The third-order valence-corrected chi connectivity index (χ3v) is 6.04. The minimum absolute atomic E-state index is 0.132.